The Morgan fingerprint density at radius 1 is 1.12 bits per heavy atom. The van der Waals surface area contributed by atoms with Gasteiger partial charge >= 0.3 is 0 Å². The lowest BCUT2D eigenvalue weighted by molar-refractivity contribution is 0.319. The van der Waals surface area contributed by atoms with Crippen molar-refractivity contribution < 1.29 is 4.74 Å². The molecule has 1 aromatic heterocycles. The molecule has 0 saturated carbocycles. The van der Waals surface area contributed by atoms with Gasteiger partial charge in [-0.25, -0.2) is 0 Å². The predicted octanol–water partition coefficient (Wildman–Crippen LogP) is 5.80. The minimum atomic E-state index is 0.668. The number of hydrogen-bond acceptors (Lipinski definition) is 6. The van der Waals surface area contributed by atoms with Gasteiger partial charge in [-0.2, -0.15) is 0 Å². The largest absolute Gasteiger partial charge is 0.494 e. The Bertz CT molecular complexity index is 808. The Balaban J connectivity index is 1.40. The lowest BCUT2D eigenvalue weighted by Crippen LogP contribution is -1.98. The zero-order valence-corrected chi connectivity index (χ0v) is 16.1. The van der Waals surface area contributed by atoms with E-state index in [-0.39, 0.29) is 0 Å². The molecule has 3 rings (SSSR count). The van der Waals surface area contributed by atoms with E-state index in [0.29, 0.717) is 11.6 Å². The van der Waals surface area contributed by atoms with Crippen LogP contribution in [0.15, 0.2) is 52.9 Å². The van der Waals surface area contributed by atoms with E-state index in [1.165, 1.54) is 5.56 Å². The van der Waals surface area contributed by atoms with Gasteiger partial charge in [-0.1, -0.05) is 52.9 Å². The Morgan fingerprint density at radius 3 is 2.72 bits per heavy atom. The highest BCUT2D eigenvalue weighted by molar-refractivity contribution is 8.01. The monoisotopic (exact) mass is 391 g/mol. The SMILES string of the molecule is Cc1ccccc1Nc1nnc(SCCCOc2ccc(Cl)cc2)s1. The number of aryl methyl sites for hydroxylation is 1. The maximum atomic E-state index is 5.85. The van der Waals surface area contributed by atoms with E-state index < -0.39 is 0 Å². The summed E-state index contributed by atoms with van der Waals surface area (Å²) in [6.45, 7) is 2.74. The third-order valence-corrected chi connectivity index (χ3v) is 5.70. The molecule has 0 amide bonds. The van der Waals surface area contributed by atoms with Gasteiger partial charge in [0.2, 0.25) is 5.13 Å². The molecule has 0 radical (unpaired) electrons. The number of benzene rings is 2. The molecule has 1 heterocycles. The van der Waals surface area contributed by atoms with Crippen LogP contribution < -0.4 is 10.1 Å². The molecule has 3 aromatic rings. The number of hydrogen-bond donors (Lipinski definition) is 1. The molecule has 0 aliphatic rings. The van der Waals surface area contributed by atoms with E-state index in [2.05, 4.69) is 28.5 Å². The standard InChI is InChI=1S/C18H18ClN3OS2/c1-13-5-2-3-6-16(13)20-17-21-22-18(25-17)24-12-4-11-23-15-9-7-14(19)8-10-15/h2-3,5-10H,4,11-12H2,1H3,(H,20,21). The van der Waals surface area contributed by atoms with Gasteiger partial charge in [-0.3, -0.25) is 0 Å². The van der Waals surface area contributed by atoms with Crippen LogP contribution in [0.2, 0.25) is 5.02 Å². The number of ether oxygens (including phenoxy) is 1. The highest BCUT2D eigenvalue weighted by Gasteiger charge is 2.06. The minimum Gasteiger partial charge on any atom is -0.494 e. The van der Waals surface area contributed by atoms with Crippen molar-refractivity contribution in [1.82, 2.24) is 10.2 Å². The van der Waals surface area contributed by atoms with Crippen molar-refractivity contribution in [2.45, 2.75) is 17.7 Å². The first-order valence-corrected chi connectivity index (χ1v) is 10.1. The molecule has 2 aromatic carbocycles. The van der Waals surface area contributed by atoms with Gasteiger partial charge in [0.25, 0.3) is 0 Å². The lowest BCUT2D eigenvalue weighted by Gasteiger charge is -2.05. The third-order valence-electron chi connectivity index (χ3n) is 3.39. The molecule has 7 heteroatoms. The molecular formula is C18H18ClN3OS2. The topological polar surface area (TPSA) is 47.0 Å². The van der Waals surface area contributed by atoms with Gasteiger partial charge < -0.3 is 10.1 Å². The number of aromatic nitrogens is 2. The Hall–Kier alpha value is -1.76. The molecule has 130 valence electrons. The molecule has 0 saturated heterocycles. The van der Waals surface area contributed by atoms with Crippen molar-refractivity contribution in [1.29, 1.82) is 0 Å². The van der Waals surface area contributed by atoms with Crippen molar-refractivity contribution in [2.24, 2.45) is 0 Å². The summed E-state index contributed by atoms with van der Waals surface area (Å²) in [6.07, 6.45) is 0.938. The van der Waals surface area contributed by atoms with Gasteiger partial charge in [0.1, 0.15) is 5.75 Å². The van der Waals surface area contributed by atoms with E-state index in [4.69, 9.17) is 16.3 Å². The first-order valence-electron chi connectivity index (χ1n) is 7.88. The van der Waals surface area contributed by atoms with Gasteiger partial charge in [-0.05, 0) is 49.2 Å². The van der Waals surface area contributed by atoms with Crippen LogP contribution in [0.1, 0.15) is 12.0 Å². The molecule has 0 fully saturated rings. The average molecular weight is 392 g/mol. The fourth-order valence-corrected chi connectivity index (χ4v) is 3.96. The summed E-state index contributed by atoms with van der Waals surface area (Å²) in [4.78, 5) is 0. The summed E-state index contributed by atoms with van der Waals surface area (Å²) in [5.41, 5.74) is 2.25. The number of nitrogens with zero attached hydrogens (tertiary/aromatic N) is 2. The van der Waals surface area contributed by atoms with Crippen LogP contribution >= 0.6 is 34.7 Å². The fourth-order valence-electron chi connectivity index (χ4n) is 2.09. The Morgan fingerprint density at radius 2 is 1.92 bits per heavy atom. The van der Waals surface area contributed by atoms with Crippen molar-refractivity contribution in [2.75, 3.05) is 17.7 Å². The van der Waals surface area contributed by atoms with Crippen LogP contribution in [-0.2, 0) is 0 Å². The summed E-state index contributed by atoms with van der Waals surface area (Å²) < 4.78 is 6.64. The Kier molecular flexibility index (Phi) is 6.55. The number of thioether (sulfide) groups is 1. The van der Waals surface area contributed by atoms with Crippen LogP contribution in [0, 0.1) is 6.92 Å². The van der Waals surface area contributed by atoms with Gasteiger partial charge in [-0.15, -0.1) is 10.2 Å². The molecule has 0 atom stereocenters. The zero-order chi connectivity index (χ0) is 17.5. The van der Waals surface area contributed by atoms with Crippen molar-refractivity contribution in [3.8, 4) is 5.75 Å². The van der Waals surface area contributed by atoms with Crippen LogP contribution in [0.3, 0.4) is 0 Å². The van der Waals surface area contributed by atoms with Gasteiger partial charge in [0.15, 0.2) is 4.34 Å². The second-order valence-corrected chi connectivity index (χ2v) is 8.07. The second-order valence-electron chi connectivity index (χ2n) is 5.32. The van der Waals surface area contributed by atoms with Crippen molar-refractivity contribution >= 4 is 45.5 Å². The first kappa shape index (κ1) is 18.0. The fraction of sp³-hybridized carbons (Fsp3) is 0.222. The molecule has 0 aliphatic carbocycles. The molecule has 0 unspecified atom stereocenters. The summed E-state index contributed by atoms with van der Waals surface area (Å²) in [6, 6.07) is 15.6. The zero-order valence-electron chi connectivity index (χ0n) is 13.7. The van der Waals surface area contributed by atoms with Crippen LogP contribution in [0.5, 0.6) is 5.75 Å². The summed E-state index contributed by atoms with van der Waals surface area (Å²) in [5, 5.41) is 13.3. The normalized spacial score (nSPS) is 10.6. The van der Waals surface area contributed by atoms with E-state index in [9.17, 15) is 0 Å². The summed E-state index contributed by atoms with van der Waals surface area (Å²) in [7, 11) is 0. The Labute approximate surface area is 160 Å². The maximum Gasteiger partial charge on any atom is 0.210 e. The molecular weight excluding hydrogens is 374 g/mol. The van der Waals surface area contributed by atoms with Crippen LogP contribution in [0.25, 0.3) is 0 Å². The smallest absolute Gasteiger partial charge is 0.210 e. The predicted molar refractivity (Wildman–Crippen MR) is 107 cm³/mol. The molecule has 1 N–H and O–H groups in total. The van der Waals surface area contributed by atoms with E-state index in [0.717, 1.165) is 33.1 Å². The third kappa shape index (κ3) is 5.63. The van der Waals surface area contributed by atoms with Crippen molar-refractivity contribution in [3.63, 3.8) is 0 Å². The average Bonchev–Trinajstić information content (AvgIpc) is 3.06. The number of nitrogens with one attached hydrogen (secondary N) is 1. The van der Waals surface area contributed by atoms with Crippen LogP contribution in [-0.4, -0.2) is 22.6 Å². The van der Waals surface area contributed by atoms with E-state index in [1.54, 1.807) is 23.1 Å². The maximum absolute atomic E-state index is 5.85. The molecule has 0 aliphatic heterocycles. The summed E-state index contributed by atoms with van der Waals surface area (Å²) >= 11 is 9.11. The minimum absolute atomic E-state index is 0.668. The number of para-hydroxylation sites is 1. The molecule has 0 bridgehead atoms. The van der Waals surface area contributed by atoms with Crippen LogP contribution in [0.4, 0.5) is 10.8 Å². The number of rotatable bonds is 8. The highest BCUT2D eigenvalue weighted by Crippen LogP contribution is 2.29. The number of anilines is 2. The molecule has 4 nitrogen and oxygen atoms in total. The van der Waals surface area contributed by atoms with E-state index >= 15 is 0 Å². The second kappa shape index (κ2) is 9.08. The quantitative estimate of drug-likeness (QED) is 0.388. The molecule has 25 heavy (non-hydrogen) atoms. The lowest BCUT2D eigenvalue weighted by atomic mass is 10.2. The van der Waals surface area contributed by atoms with E-state index in [1.807, 2.05) is 42.5 Å². The first-order chi connectivity index (χ1) is 12.2. The summed E-state index contributed by atoms with van der Waals surface area (Å²) in [5.74, 6) is 1.78. The van der Waals surface area contributed by atoms with Crippen molar-refractivity contribution in [3.05, 3.63) is 59.1 Å². The van der Waals surface area contributed by atoms with Gasteiger partial charge in [0, 0.05) is 16.5 Å². The molecule has 0 spiro atoms. The number of halogens is 1. The van der Waals surface area contributed by atoms with Gasteiger partial charge in [0.05, 0.1) is 6.61 Å². The highest BCUT2D eigenvalue weighted by atomic mass is 35.5.